The van der Waals surface area contributed by atoms with Gasteiger partial charge < -0.3 is 5.11 Å². The molecule has 0 saturated heterocycles. The summed E-state index contributed by atoms with van der Waals surface area (Å²) in [7, 11) is -3.71. The zero-order valence-electron chi connectivity index (χ0n) is 11.4. The fraction of sp³-hybridized carbons (Fsp3) is 0.538. The molecule has 0 spiro atoms. The van der Waals surface area contributed by atoms with Crippen LogP contribution in [0, 0.1) is 12.8 Å². The van der Waals surface area contributed by atoms with Crippen molar-refractivity contribution in [3.8, 4) is 0 Å². The number of sulfonamides is 1. The van der Waals surface area contributed by atoms with Crippen LogP contribution >= 0.6 is 11.6 Å². The summed E-state index contributed by atoms with van der Waals surface area (Å²) in [6.07, 6.45) is 0.569. The molecule has 108 valence electrons. The average Bonchev–Trinajstić information content (AvgIpc) is 2.30. The van der Waals surface area contributed by atoms with Gasteiger partial charge in [0.2, 0.25) is 10.0 Å². The summed E-state index contributed by atoms with van der Waals surface area (Å²) in [5.41, 5.74) is 0.703. The van der Waals surface area contributed by atoms with Crippen LogP contribution in [-0.2, 0) is 10.0 Å². The van der Waals surface area contributed by atoms with Gasteiger partial charge in [-0.2, -0.15) is 0 Å². The van der Waals surface area contributed by atoms with E-state index in [0.717, 1.165) is 0 Å². The van der Waals surface area contributed by atoms with Crippen molar-refractivity contribution in [2.45, 2.75) is 38.1 Å². The molecule has 1 unspecified atom stereocenters. The highest BCUT2D eigenvalue weighted by atomic mass is 35.5. The lowest BCUT2D eigenvalue weighted by molar-refractivity contribution is 0.240. The van der Waals surface area contributed by atoms with Gasteiger partial charge in [0.1, 0.15) is 4.90 Å². The number of hydrogen-bond donors (Lipinski definition) is 2. The topological polar surface area (TPSA) is 66.4 Å². The van der Waals surface area contributed by atoms with Gasteiger partial charge in [-0.1, -0.05) is 37.6 Å². The van der Waals surface area contributed by atoms with Gasteiger partial charge in [-0.05, 0) is 30.9 Å². The normalized spacial score (nSPS) is 13.8. The molecule has 2 N–H and O–H groups in total. The van der Waals surface area contributed by atoms with Crippen molar-refractivity contribution in [2.75, 3.05) is 6.61 Å². The fourth-order valence-corrected chi connectivity index (χ4v) is 3.66. The van der Waals surface area contributed by atoms with E-state index in [-0.39, 0.29) is 22.4 Å². The Labute approximate surface area is 119 Å². The zero-order chi connectivity index (χ0) is 14.6. The Hall–Kier alpha value is -0.620. The van der Waals surface area contributed by atoms with Crippen molar-refractivity contribution in [1.82, 2.24) is 4.72 Å². The summed E-state index contributed by atoms with van der Waals surface area (Å²) in [4.78, 5) is 0.0522. The first kappa shape index (κ1) is 16.4. The third-order valence-corrected chi connectivity index (χ3v) is 4.92. The van der Waals surface area contributed by atoms with Crippen LogP contribution in [0.2, 0.25) is 5.02 Å². The van der Waals surface area contributed by atoms with E-state index in [4.69, 9.17) is 11.6 Å². The van der Waals surface area contributed by atoms with Crippen molar-refractivity contribution in [1.29, 1.82) is 0 Å². The molecule has 4 nitrogen and oxygen atoms in total. The molecule has 0 fully saturated rings. The lowest BCUT2D eigenvalue weighted by Crippen LogP contribution is -2.38. The first-order valence-electron chi connectivity index (χ1n) is 6.16. The first-order valence-corrected chi connectivity index (χ1v) is 8.02. The number of aryl methyl sites for hydroxylation is 1. The maximum Gasteiger partial charge on any atom is 0.242 e. The van der Waals surface area contributed by atoms with Crippen LogP contribution in [0.4, 0.5) is 0 Å². The third-order valence-electron chi connectivity index (χ3n) is 2.74. The minimum atomic E-state index is -3.71. The van der Waals surface area contributed by atoms with Gasteiger partial charge in [-0.25, -0.2) is 13.1 Å². The Morgan fingerprint density at radius 1 is 1.37 bits per heavy atom. The summed E-state index contributed by atoms with van der Waals surface area (Å²) in [5.74, 6) is 0.285. The van der Waals surface area contributed by atoms with Gasteiger partial charge in [0.05, 0.1) is 11.6 Å². The molecule has 0 heterocycles. The summed E-state index contributed by atoms with van der Waals surface area (Å²) in [6, 6.07) is 4.36. The molecule has 0 bridgehead atoms. The van der Waals surface area contributed by atoms with Crippen LogP contribution < -0.4 is 4.72 Å². The maximum absolute atomic E-state index is 12.2. The van der Waals surface area contributed by atoms with Crippen molar-refractivity contribution >= 4 is 21.6 Å². The minimum absolute atomic E-state index is 0.0522. The molecule has 0 aliphatic rings. The molecular formula is C13H20ClNO3S. The van der Waals surface area contributed by atoms with E-state index in [1.54, 1.807) is 19.1 Å². The van der Waals surface area contributed by atoms with Gasteiger partial charge in [0.25, 0.3) is 0 Å². The molecule has 1 atom stereocenters. The van der Waals surface area contributed by atoms with Crippen LogP contribution in [0.5, 0.6) is 0 Å². The molecule has 0 saturated carbocycles. The zero-order valence-corrected chi connectivity index (χ0v) is 12.9. The Morgan fingerprint density at radius 2 is 2.00 bits per heavy atom. The highest BCUT2D eigenvalue weighted by Gasteiger charge is 2.23. The third kappa shape index (κ3) is 4.45. The number of hydrogen-bond acceptors (Lipinski definition) is 3. The van der Waals surface area contributed by atoms with Gasteiger partial charge >= 0.3 is 0 Å². The standard InChI is InChI=1S/C13H20ClNO3S/c1-9(2)7-11(8-16)15-19(17,18)12-6-4-5-10(3)13(12)14/h4-6,9,11,15-16H,7-8H2,1-3H3. The SMILES string of the molecule is Cc1cccc(S(=O)(=O)NC(CO)CC(C)C)c1Cl. The smallest absolute Gasteiger partial charge is 0.242 e. The summed E-state index contributed by atoms with van der Waals surface area (Å²) < 4.78 is 27.0. The van der Waals surface area contributed by atoms with Gasteiger partial charge in [-0.15, -0.1) is 0 Å². The number of benzene rings is 1. The molecule has 0 aliphatic heterocycles. The molecule has 0 aromatic heterocycles. The summed E-state index contributed by atoms with van der Waals surface area (Å²) >= 11 is 6.03. The fourth-order valence-electron chi connectivity index (χ4n) is 1.84. The second-order valence-electron chi connectivity index (χ2n) is 5.02. The predicted octanol–water partition coefficient (Wildman–Crippen LogP) is 2.33. The Kier molecular flexibility index (Phi) is 5.80. The molecule has 0 radical (unpaired) electrons. The molecular weight excluding hydrogens is 286 g/mol. The van der Waals surface area contributed by atoms with Crippen LogP contribution in [0.25, 0.3) is 0 Å². The van der Waals surface area contributed by atoms with E-state index in [1.165, 1.54) is 6.07 Å². The van der Waals surface area contributed by atoms with Crippen LogP contribution in [0.1, 0.15) is 25.8 Å². The molecule has 0 aliphatic carbocycles. The summed E-state index contributed by atoms with van der Waals surface area (Å²) in [5, 5.41) is 9.47. The number of rotatable bonds is 6. The van der Waals surface area contributed by atoms with E-state index in [9.17, 15) is 13.5 Å². The van der Waals surface area contributed by atoms with Gasteiger partial charge in [0, 0.05) is 6.04 Å². The van der Waals surface area contributed by atoms with Gasteiger partial charge in [-0.3, -0.25) is 0 Å². The maximum atomic E-state index is 12.2. The lowest BCUT2D eigenvalue weighted by atomic mass is 10.1. The van der Waals surface area contributed by atoms with Crippen molar-refractivity contribution in [3.63, 3.8) is 0 Å². The Bertz CT molecular complexity index is 529. The van der Waals surface area contributed by atoms with Crippen LogP contribution in [0.15, 0.2) is 23.1 Å². The van der Waals surface area contributed by atoms with Crippen LogP contribution in [-0.4, -0.2) is 26.2 Å². The van der Waals surface area contributed by atoms with Gasteiger partial charge in [0.15, 0.2) is 0 Å². The number of aliphatic hydroxyl groups is 1. The number of halogens is 1. The van der Waals surface area contributed by atoms with E-state index in [2.05, 4.69) is 4.72 Å². The Balaban J connectivity index is 3.01. The minimum Gasteiger partial charge on any atom is -0.395 e. The van der Waals surface area contributed by atoms with E-state index in [1.807, 2.05) is 13.8 Å². The highest BCUT2D eigenvalue weighted by Crippen LogP contribution is 2.25. The van der Waals surface area contributed by atoms with Crippen LogP contribution in [0.3, 0.4) is 0 Å². The molecule has 6 heteroatoms. The highest BCUT2D eigenvalue weighted by molar-refractivity contribution is 7.89. The Morgan fingerprint density at radius 3 is 2.53 bits per heavy atom. The van der Waals surface area contributed by atoms with Crippen molar-refractivity contribution < 1.29 is 13.5 Å². The van der Waals surface area contributed by atoms with Crippen molar-refractivity contribution in [2.24, 2.45) is 5.92 Å². The van der Waals surface area contributed by atoms with E-state index >= 15 is 0 Å². The van der Waals surface area contributed by atoms with E-state index < -0.39 is 16.1 Å². The summed E-state index contributed by atoms with van der Waals surface area (Å²) in [6.45, 7) is 5.45. The van der Waals surface area contributed by atoms with E-state index in [0.29, 0.717) is 12.0 Å². The number of nitrogens with one attached hydrogen (secondary N) is 1. The van der Waals surface area contributed by atoms with Crippen molar-refractivity contribution in [3.05, 3.63) is 28.8 Å². The molecule has 0 amide bonds. The lowest BCUT2D eigenvalue weighted by Gasteiger charge is -2.19. The average molecular weight is 306 g/mol. The number of aliphatic hydroxyl groups excluding tert-OH is 1. The molecule has 19 heavy (non-hydrogen) atoms. The second-order valence-corrected chi connectivity index (χ2v) is 7.08. The first-order chi connectivity index (χ1) is 8.77. The molecule has 1 aromatic rings. The quantitative estimate of drug-likeness (QED) is 0.847. The molecule has 1 aromatic carbocycles. The monoisotopic (exact) mass is 305 g/mol. The largest absolute Gasteiger partial charge is 0.395 e. The predicted molar refractivity (Wildman–Crippen MR) is 76.8 cm³/mol. The molecule has 1 rings (SSSR count). The second kappa shape index (κ2) is 6.70.